The molecule has 0 unspecified atom stereocenters. The van der Waals surface area contributed by atoms with Crippen LogP contribution >= 0.6 is 0 Å². The average molecular weight is 314 g/mol. The molecule has 0 bridgehead atoms. The van der Waals surface area contributed by atoms with Gasteiger partial charge in [0.1, 0.15) is 12.4 Å². The molecule has 1 aromatic rings. The first-order chi connectivity index (χ1) is 10.0. The Balaban J connectivity index is 2.12. The number of hydrogen-bond acceptors (Lipinski definition) is 5. The van der Waals surface area contributed by atoms with Gasteiger partial charge in [-0.25, -0.2) is 0 Å². The van der Waals surface area contributed by atoms with E-state index in [1.807, 2.05) is 0 Å². The summed E-state index contributed by atoms with van der Waals surface area (Å²) in [4.78, 5) is 0. The van der Waals surface area contributed by atoms with E-state index in [0.717, 1.165) is 12.8 Å². The van der Waals surface area contributed by atoms with E-state index < -0.39 is 10.2 Å². The number of nitrogens with two attached hydrogens (primary N) is 1. The smallest absolute Gasteiger partial charge is 0.301 e. The highest BCUT2D eigenvalue weighted by Crippen LogP contribution is 2.26. The van der Waals surface area contributed by atoms with Gasteiger partial charge in [-0.05, 0) is 25.0 Å². The van der Waals surface area contributed by atoms with Crippen molar-refractivity contribution in [3.63, 3.8) is 0 Å². The summed E-state index contributed by atoms with van der Waals surface area (Å²) in [6, 6.07) is 6.59. The summed E-state index contributed by atoms with van der Waals surface area (Å²) in [7, 11) is -3.59. The topological polar surface area (TPSA) is 117 Å². The molecule has 21 heavy (non-hydrogen) atoms. The van der Waals surface area contributed by atoms with Crippen LogP contribution in [0.2, 0.25) is 0 Å². The Morgan fingerprint density at radius 1 is 1.38 bits per heavy atom. The third-order valence-electron chi connectivity index (χ3n) is 3.03. The molecule has 1 heterocycles. The van der Waals surface area contributed by atoms with E-state index in [1.54, 1.807) is 24.3 Å². The van der Waals surface area contributed by atoms with E-state index in [2.05, 4.69) is 9.88 Å². The Labute approximate surface area is 123 Å². The Hall–Kier alpha value is -2.00. The average Bonchev–Trinajstić information content (AvgIpc) is 3.00. The summed E-state index contributed by atoms with van der Waals surface area (Å²) in [5.74, 6) is 0.207. The van der Waals surface area contributed by atoms with Gasteiger partial charge in [0, 0.05) is 13.1 Å². The third-order valence-corrected chi connectivity index (χ3v) is 4.56. The maximum Gasteiger partial charge on any atom is 0.301 e. The molecule has 0 atom stereocenters. The number of para-hydroxylation sites is 2. The van der Waals surface area contributed by atoms with Crippen LogP contribution in [0, 0.1) is 0 Å². The van der Waals surface area contributed by atoms with E-state index in [1.165, 1.54) is 4.31 Å². The highest BCUT2D eigenvalue weighted by atomic mass is 32.2. The van der Waals surface area contributed by atoms with Crippen molar-refractivity contribution in [3.8, 4) is 5.75 Å². The van der Waals surface area contributed by atoms with Crippen molar-refractivity contribution in [3.05, 3.63) is 24.3 Å². The molecule has 0 amide bonds. The lowest BCUT2D eigenvalue weighted by Crippen LogP contribution is -2.33. The maximum atomic E-state index is 12.2. The number of amidine groups is 1. The lowest BCUT2D eigenvalue weighted by molar-refractivity contribution is 0.306. The van der Waals surface area contributed by atoms with Crippen molar-refractivity contribution in [1.82, 2.24) is 4.31 Å². The molecule has 1 aromatic carbocycles. The first-order valence-electron chi connectivity index (χ1n) is 6.49. The molecule has 0 spiro atoms. The highest BCUT2D eigenvalue weighted by Gasteiger charge is 2.25. The Bertz CT molecular complexity index is 611. The van der Waals surface area contributed by atoms with E-state index in [9.17, 15) is 8.42 Å². The second kappa shape index (κ2) is 6.64. The maximum absolute atomic E-state index is 12.2. The molecule has 0 aliphatic carbocycles. The predicted octanol–water partition coefficient (Wildman–Crippen LogP) is 0.564. The largest absolute Gasteiger partial charge is 0.483 e. The normalized spacial score (nSPS) is 16.9. The summed E-state index contributed by atoms with van der Waals surface area (Å²) in [6.07, 6.45) is 1.73. The summed E-state index contributed by atoms with van der Waals surface area (Å²) in [5, 5.41) is 11.3. The van der Waals surface area contributed by atoms with Gasteiger partial charge in [0.2, 0.25) is 0 Å². The minimum absolute atomic E-state index is 0.104. The van der Waals surface area contributed by atoms with Crippen LogP contribution in [0.4, 0.5) is 5.69 Å². The predicted molar refractivity (Wildman–Crippen MR) is 78.7 cm³/mol. The number of nitrogens with zero attached hydrogens (tertiary/aromatic N) is 2. The standard InChI is InChI=1S/C12H18N4O4S/c13-12(14-17)9-20-11-6-2-1-5-10(11)15-21(18,19)16-7-3-4-8-16/h1-2,5-6,15,17H,3-4,7-9H2,(H2,13,14). The molecule has 4 N–H and O–H groups in total. The number of oxime groups is 1. The van der Waals surface area contributed by atoms with Crippen molar-refractivity contribution in [2.24, 2.45) is 10.9 Å². The molecular weight excluding hydrogens is 296 g/mol. The number of nitrogens with one attached hydrogen (secondary N) is 1. The van der Waals surface area contributed by atoms with Crippen molar-refractivity contribution in [1.29, 1.82) is 0 Å². The molecule has 1 saturated heterocycles. The minimum Gasteiger partial charge on any atom is -0.483 e. The molecule has 1 aliphatic heterocycles. The Kier molecular flexibility index (Phi) is 4.86. The van der Waals surface area contributed by atoms with E-state index in [4.69, 9.17) is 15.7 Å². The van der Waals surface area contributed by atoms with Gasteiger partial charge in [0.05, 0.1) is 5.69 Å². The van der Waals surface area contributed by atoms with Crippen molar-refractivity contribution in [2.75, 3.05) is 24.4 Å². The summed E-state index contributed by atoms with van der Waals surface area (Å²) >= 11 is 0. The molecule has 8 nitrogen and oxygen atoms in total. The molecule has 0 saturated carbocycles. The zero-order valence-corrected chi connectivity index (χ0v) is 12.2. The van der Waals surface area contributed by atoms with Gasteiger partial charge >= 0.3 is 10.2 Å². The van der Waals surface area contributed by atoms with E-state index in [0.29, 0.717) is 24.5 Å². The van der Waals surface area contributed by atoms with Crippen LogP contribution in [0.1, 0.15) is 12.8 Å². The van der Waals surface area contributed by atoms with Crippen molar-refractivity contribution in [2.45, 2.75) is 12.8 Å². The first-order valence-corrected chi connectivity index (χ1v) is 7.93. The second-order valence-electron chi connectivity index (χ2n) is 4.59. The first kappa shape index (κ1) is 15.4. The number of hydrogen-bond donors (Lipinski definition) is 3. The van der Waals surface area contributed by atoms with Crippen molar-refractivity contribution < 1.29 is 18.4 Å². The minimum atomic E-state index is -3.59. The molecule has 116 valence electrons. The zero-order chi connectivity index (χ0) is 15.3. The molecule has 1 aliphatic rings. The van der Waals surface area contributed by atoms with Crippen molar-refractivity contribution >= 4 is 21.7 Å². The van der Waals surface area contributed by atoms with Crippen LogP contribution < -0.4 is 15.2 Å². The molecule has 2 rings (SSSR count). The van der Waals surface area contributed by atoms with Gasteiger partial charge in [-0.2, -0.15) is 12.7 Å². The number of ether oxygens (including phenoxy) is 1. The second-order valence-corrected chi connectivity index (χ2v) is 6.26. The summed E-state index contributed by atoms with van der Waals surface area (Å²) < 4.78 is 33.7. The molecule has 9 heteroatoms. The molecular formula is C12H18N4O4S. The molecule has 0 aromatic heterocycles. The molecule has 0 radical (unpaired) electrons. The monoisotopic (exact) mass is 314 g/mol. The van der Waals surface area contributed by atoms with E-state index in [-0.39, 0.29) is 12.4 Å². The number of anilines is 1. The van der Waals surface area contributed by atoms with Crippen LogP contribution in [0.3, 0.4) is 0 Å². The fourth-order valence-corrected chi connectivity index (χ4v) is 3.30. The number of benzene rings is 1. The van der Waals surface area contributed by atoms with Gasteiger partial charge < -0.3 is 15.7 Å². The highest BCUT2D eigenvalue weighted by molar-refractivity contribution is 7.90. The van der Waals surface area contributed by atoms with Crippen LogP contribution in [-0.2, 0) is 10.2 Å². The number of rotatable bonds is 6. The van der Waals surface area contributed by atoms with Gasteiger partial charge in [-0.1, -0.05) is 17.3 Å². The molecule has 1 fully saturated rings. The summed E-state index contributed by atoms with van der Waals surface area (Å²) in [5.41, 5.74) is 5.64. The lowest BCUT2D eigenvalue weighted by Gasteiger charge is -2.18. The van der Waals surface area contributed by atoms with Crippen LogP contribution in [-0.4, -0.2) is 43.5 Å². The van der Waals surface area contributed by atoms with Crippen LogP contribution in [0.25, 0.3) is 0 Å². The fourth-order valence-electron chi connectivity index (χ4n) is 1.99. The Morgan fingerprint density at radius 2 is 2.05 bits per heavy atom. The SMILES string of the molecule is N/C(COc1ccccc1NS(=O)(=O)N1CCCC1)=N\O. The van der Waals surface area contributed by atoms with Gasteiger partial charge in [-0.3, -0.25) is 4.72 Å². The van der Waals surface area contributed by atoms with Crippen LogP contribution in [0.5, 0.6) is 5.75 Å². The van der Waals surface area contributed by atoms with Crippen LogP contribution in [0.15, 0.2) is 29.4 Å². The van der Waals surface area contributed by atoms with Gasteiger partial charge in [0.15, 0.2) is 5.84 Å². The zero-order valence-electron chi connectivity index (χ0n) is 11.4. The lowest BCUT2D eigenvalue weighted by atomic mass is 10.3. The fraction of sp³-hybridized carbons (Fsp3) is 0.417. The Morgan fingerprint density at radius 3 is 2.71 bits per heavy atom. The summed E-state index contributed by atoms with van der Waals surface area (Å²) in [6.45, 7) is 0.893. The van der Waals surface area contributed by atoms with Gasteiger partial charge in [-0.15, -0.1) is 0 Å². The van der Waals surface area contributed by atoms with E-state index >= 15 is 0 Å². The van der Waals surface area contributed by atoms with Gasteiger partial charge in [0.25, 0.3) is 0 Å². The third kappa shape index (κ3) is 3.99. The quantitative estimate of drug-likeness (QED) is 0.307.